The van der Waals surface area contributed by atoms with Gasteiger partial charge in [0.25, 0.3) is 5.91 Å². The molecule has 8 nitrogen and oxygen atoms in total. The summed E-state index contributed by atoms with van der Waals surface area (Å²) < 4.78 is 63.0. The zero-order valence-electron chi connectivity index (χ0n) is 21.2. The molecule has 4 N–H and O–H groups in total. The number of nitrogens with zero attached hydrogens (tertiary/aromatic N) is 2. The lowest BCUT2D eigenvalue weighted by Gasteiger charge is -2.31. The van der Waals surface area contributed by atoms with Gasteiger partial charge in [-0.3, -0.25) is 14.6 Å². The summed E-state index contributed by atoms with van der Waals surface area (Å²) in [4.78, 5) is 33.5. The number of fused-ring (bicyclic) bond motifs is 2. The molecule has 5 rings (SSSR count). The fourth-order valence-corrected chi connectivity index (χ4v) is 4.84. The molecular weight excluding hydrogens is 568 g/mol. The third kappa shape index (κ3) is 4.72. The molecule has 2 amide bonds. The van der Waals surface area contributed by atoms with Gasteiger partial charge in [0.15, 0.2) is 0 Å². The van der Waals surface area contributed by atoms with Gasteiger partial charge in [0, 0.05) is 22.7 Å². The normalized spacial score (nSPS) is 17.9. The number of carbonyl (C=O) groups is 2. The Morgan fingerprint density at radius 1 is 1.17 bits per heavy atom. The maximum atomic E-state index is 14.6. The number of aromatic nitrogens is 2. The van der Waals surface area contributed by atoms with Crippen molar-refractivity contribution in [3.05, 3.63) is 88.5 Å². The Morgan fingerprint density at radius 3 is 2.54 bits per heavy atom. The first-order valence-corrected chi connectivity index (χ1v) is 12.5. The van der Waals surface area contributed by atoms with Gasteiger partial charge in [-0.1, -0.05) is 11.6 Å². The van der Waals surface area contributed by atoms with Gasteiger partial charge in [-0.2, -0.15) is 13.2 Å². The third-order valence-electron chi connectivity index (χ3n) is 7.10. The molecule has 1 aliphatic rings. The molecule has 2 aromatic carbocycles. The van der Waals surface area contributed by atoms with E-state index in [1.54, 1.807) is 12.1 Å². The molecule has 0 aliphatic carbocycles. The van der Waals surface area contributed by atoms with E-state index in [1.807, 2.05) is 0 Å². The Bertz CT molecular complexity index is 1700. The lowest BCUT2D eigenvalue weighted by Crippen LogP contribution is -2.51. The fraction of sp³-hybridized carbons (Fsp3) is 0.214. The summed E-state index contributed by atoms with van der Waals surface area (Å²) in [6.07, 6.45) is -3.85. The molecule has 0 saturated heterocycles. The average Bonchev–Trinajstić information content (AvgIpc) is 3.29. The van der Waals surface area contributed by atoms with E-state index in [0.29, 0.717) is 10.9 Å². The molecule has 0 radical (unpaired) electrons. The van der Waals surface area contributed by atoms with E-state index in [-0.39, 0.29) is 39.8 Å². The lowest BCUT2D eigenvalue weighted by atomic mass is 9.81. The zero-order valence-corrected chi connectivity index (χ0v) is 22.0. The van der Waals surface area contributed by atoms with E-state index in [2.05, 4.69) is 15.3 Å². The van der Waals surface area contributed by atoms with Gasteiger partial charge in [0.2, 0.25) is 11.5 Å². The summed E-state index contributed by atoms with van der Waals surface area (Å²) in [5.41, 5.74) is -0.410. The van der Waals surface area contributed by atoms with Crippen molar-refractivity contribution in [2.75, 3.05) is 13.2 Å². The molecule has 41 heavy (non-hydrogen) atoms. The van der Waals surface area contributed by atoms with Crippen LogP contribution in [0, 0.1) is 5.82 Å². The molecule has 0 bridgehead atoms. The van der Waals surface area contributed by atoms with E-state index < -0.39 is 47.1 Å². The number of ether oxygens (including phenoxy) is 1. The number of halogens is 5. The monoisotopic (exact) mass is 588 g/mol. The topological polar surface area (TPSA) is 127 Å². The van der Waals surface area contributed by atoms with Crippen LogP contribution in [0.1, 0.15) is 28.5 Å². The van der Waals surface area contributed by atoms with Gasteiger partial charge < -0.3 is 20.9 Å². The maximum absolute atomic E-state index is 14.6. The standard InChI is InChI=1S/C28H21ClF4N4O4/c1-26(25(34)39)13-41-23-18(26)11-20(37-22(23)14-4-6-15(30)7-5-14)27(40,28(31,32)33)12-36-24(38)17-8-9-19-16(21(17)29)3-2-10-35-19/h2-11,40H,12-13H2,1H3,(H2,34,39)(H,36,38)/t26-,27-/m0/s1. The Morgan fingerprint density at radius 2 is 1.88 bits per heavy atom. The first-order chi connectivity index (χ1) is 19.3. The number of primary amides is 1. The first-order valence-electron chi connectivity index (χ1n) is 12.1. The lowest BCUT2D eigenvalue weighted by molar-refractivity contribution is -0.265. The fourth-order valence-electron chi connectivity index (χ4n) is 4.53. The Hall–Kier alpha value is -4.29. The van der Waals surface area contributed by atoms with Crippen LogP contribution >= 0.6 is 11.6 Å². The first kappa shape index (κ1) is 28.2. The van der Waals surface area contributed by atoms with Gasteiger partial charge in [-0.25, -0.2) is 9.37 Å². The second-order valence-electron chi connectivity index (χ2n) is 9.76. The zero-order chi connectivity index (χ0) is 29.7. The number of hydrogen-bond donors (Lipinski definition) is 3. The highest BCUT2D eigenvalue weighted by Gasteiger charge is 2.57. The Balaban J connectivity index is 1.60. The summed E-state index contributed by atoms with van der Waals surface area (Å²) in [6, 6.07) is 11.5. The van der Waals surface area contributed by atoms with E-state index in [4.69, 9.17) is 22.1 Å². The maximum Gasteiger partial charge on any atom is 0.424 e. The molecule has 1 aliphatic heterocycles. The summed E-state index contributed by atoms with van der Waals surface area (Å²) in [5.74, 6) is -2.52. The predicted octanol–water partition coefficient (Wildman–Crippen LogP) is 4.40. The van der Waals surface area contributed by atoms with E-state index in [1.165, 1.54) is 37.4 Å². The van der Waals surface area contributed by atoms with E-state index >= 15 is 0 Å². The van der Waals surface area contributed by atoms with Crippen LogP contribution in [0.5, 0.6) is 5.75 Å². The molecule has 0 saturated carbocycles. The number of amides is 2. The average molecular weight is 589 g/mol. The summed E-state index contributed by atoms with van der Waals surface area (Å²) >= 11 is 6.34. The number of nitrogens with one attached hydrogen (secondary N) is 1. The van der Waals surface area contributed by atoms with Crippen molar-refractivity contribution in [1.82, 2.24) is 15.3 Å². The molecule has 4 aromatic rings. The number of nitrogens with two attached hydrogens (primary N) is 1. The molecule has 0 fully saturated rings. The molecule has 3 heterocycles. The molecule has 2 aromatic heterocycles. The van der Waals surface area contributed by atoms with Crippen molar-refractivity contribution in [3.63, 3.8) is 0 Å². The van der Waals surface area contributed by atoms with E-state index in [0.717, 1.165) is 18.2 Å². The smallest absolute Gasteiger partial charge is 0.424 e. The van der Waals surface area contributed by atoms with Crippen molar-refractivity contribution in [3.8, 4) is 17.0 Å². The van der Waals surface area contributed by atoms with Crippen molar-refractivity contribution >= 4 is 34.3 Å². The number of carbonyl (C=O) groups excluding carboxylic acids is 2. The minimum atomic E-state index is -5.36. The van der Waals surface area contributed by atoms with Crippen LogP contribution in [-0.2, 0) is 15.8 Å². The number of benzene rings is 2. The van der Waals surface area contributed by atoms with Crippen molar-refractivity contribution in [1.29, 1.82) is 0 Å². The van der Waals surface area contributed by atoms with Gasteiger partial charge in [0.1, 0.15) is 29.3 Å². The predicted molar refractivity (Wildman–Crippen MR) is 141 cm³/mol. The molecule has 0 spiro atoms. The largest absolute Gasteiger partial charge is 0.489 e. The summed E-state index contributed by atoms with van der Waals surface area (Å²) in [5, 5.41) is 13.6. The van der Waals surface area contributed by atoms with Gasteiger partial charge >= 0.3 is 6.18 Å². The van der Waals surface area contributed by atoms with Gasteiger partial charge in [-0.15, -0.1) is 0 Å². The van der Waals surface area contributed by atoms with Gasteiger partial charge in [-0.05, 0) is 61.5 Å². The van der Waals surface area contributed by atoms with Crippen LogP contribution in [0.4, 0.5) is 17.6 Å². The highest BCUT2D eigenvalue weighted by atomic mass is 35.5. The van der Waals surface area contributed by atoms with Crippen LogP contribution in [0.15, 0.2) is 60.8 Å². The van der Waals surface area contributed by atoms with Crippen molar-refractivity contribution in [2.45, 2.75) is 24.1 Å². The van der Waals surface area contributed by atoms with Crippen LogP contribution in [0.2, 0.25) is 5.02 Å². The van der Waals surface area contributed by atoms with Gasteiger partial charge in [0.05, 0.1) is 28.3 Å². The highest BCUT2D eigenvalue weighted by molar-refractivity contribution is 6.38. The number of pyridine rings is 2. The second kappa shape index (κ2) is 9.96. The molecule has 212 valence electrons. The Labute approximate surface area is 235 Å². The number of aliphatic hydroxyl groups is 1. The second-order valence-corrected chi connectivity index (χ2v) is 10.1. The van der Waals surface area contributed by atoms with Crippen LogP contribution in [0.25, 0.3) is 22.2 Å². The highest BCUT2D eigenvalue weighted by Crippen LogP contribution is 2.47. The van der Waals surface area contributed by atoms with Crippen LogP contribution in [-0.4, -0.2) is 46.2 Å². The van der Waals surface area contributed by atoms with Crippen molar-refractivity contribution < 1.29 is 37.0 Å². The SMILES string of the molecule is C[C@]1(C(N)=O)COc2c1cc([C@@](O)(CNC(=O)c1ccc3ncccc3c1Cl)C(F)(F)F)nc2-c1ccc(F)cc1. The number of alkyl halides is 3. The molecule has 13 heteroatoms. The molecule has 2 atom stereocenters. The molecular formula is C28H21ClF4N4O4. The van der Waals surface area contributed by atoms with Crippen molar-refractivity contribution in [2.24, 2.45) is 5.73 Å². The molecule has 0 unspecified atom stereocenters. The van der Waals surface area contributed by atoms with Crippen LogP contribution < -0.4 is 15.8 Å². The Kier molecular flexibility index (Phi) is 6.86. The third-order valence-corrected chi connectivity index (χ3v) is 7.50. The summed E-state index contributed by atoms with van der Waals surface area (Å²) in [7, 11) is 0. The number of hydrogen-bond acceptors (Lipinski definition) is 6. The quantitative estimate of drug-likeness (QED) is 0.287. The summed E-state index contributed by atoms with van der Waals surface area (Å²) in [6.45, 7) is -0.280. The van der Waals surface area contributed by atoms with E-state index in [9.17, 15) is 32.3 Å². The number of rotatable bonds is 6. The minimum absolute atomic E-state index is 0.0349. The van der Waals surface area contributed by atoms with Crippen LogP contribution in [0.3, 0.4) is 0 Å². The minimum Gasteiger partial charge on any atom is -0.489 e.